The van der Waals surface area contributed by atoms with E-state index in [9.17, 15) is 9.59 Å². The number of carbonyl (C=O) groups is 2. The summed E-state index contributed by atoms with van der Waals surface area (Å²) in [6, 6.07) is 0. The summed E-state index contributed by atoms with van der Waals surface area (Å²) in [5, 5.41) is 5.18. The Kier molecular flexibility index (Phi) is 6.37. The minimum atomic E-state index is -0.470. The first-order chi connectivity index (χ1) is 6.97. The smallest absolute Gasteiger partial charge is 0.226 e. The van der Waals surface area contributed by atoms with Gasteiger partial charge in [-0.05, 0) is 6.92 Å². The summed E-state index contributed by atoms with van der Waals surface area (Å²) in [5.74, 6) is -0.605. The molecule has 0 saturated carbocycles. The standard InChI is InChI=1S/C10H19N3O2/c1-4-5-9(11)13-10(15)7(2)6-12-8(3)14/h4-5,7,9H,6,11H2,1-3H3,(H,12,14)(H,13,15)/b5-4-/t7?,9-/m1/s1. The molecule has 0 bridgehead atoms. The number of allylic oxidation sites excluding steroid dienone is 1. The Labute approximate surface area is 90.1 Å². The number of hydrogen-bond acceptors (Lipinski definition) is 3. The Balaban J connectivity index is 3.93. The van der Waals surface area contributed by atoms with Gasteiger partial charge in [0.25, 0.3) is 0 Å². The van der Waals surface area contributed by atoms with Gasteiger partial charge in [0.2, 0.25) is 11.8 Å². The van der Waals surface area contributed by atoms with Crippen molar-refractivity contribution in [2.24, 2.45) is 11.7 Å². The normalized spacial score (nSPS) is 14.7. The third-order valence-electron chi connectivity index (χ3n) is 1.81. The summed E-state index contributed by atoms with van der Waals surface area (Å²) in [5.41, 5.74) is 5.57. The fraction of sp³-hybridized carbons (Fsp3) is 0.600. The maximum atomic E-state index is 11.5. The van der Waals surface area contributed by atoms with Crippen LogP contribution in [0.2, 0.25) is 0 Å². The highest BCUT2D eigenvalue weighted by Gasteiger charge is 2.14. The first kappa shape index (κ1) is 13.6. The molecule has 0 radical (unpaired) electrons. The summed E-state index contributed by atoms with van der Waals surface area (Å²) in [7, 11) is 0. The molecule has 2 atom stereocenters. The van der Waals surface area contributed by atoms with Crippen LogP contribution >= 0.6 is 0 Å². The van der Waals surface area contributed by atoms with Gasteiger partial charge in [-0.25, -0.2) is 0 Å². The fourth-order valence-corrected chi connectivity index (χ4v) is 0.951. The van der Waals surface area contributed by atoms with Gasteiger partial charge >= 0.3 is 0 Å². The molecular weight excluding hydrogens is 194 g/mol. The molecule has 0 heterocycles. The van der Waals surface area contributed by atoms with Crippen molar-refractivity contribution in [3.8, 4) is 0 Å². The second-order valence-electron chi connectivity index (χ2n) is 3.40. The van der Waals surface area contributed by atoms with Crippen LogP contribution in [0.15, 0.2) is 12.2 Å². The lowest BCUT2D eigenvalue weighted by Crippen LogP contribution is -2.44. The quantitative estimate of drug-likeness (QED) is 0.434. The molecule has 0 fully saturated rings. The maximum absolute atomic E-state index is 11.5. The van der Waals surface area contributed by atoms with Crippen LogP contribution in [0.5, 0.6) is 0 Å². The number of nitrogens with two attached hydrogens (primary N) is 1. The zero-order chi connectivity index (χ0) is 11.8. The number of nitrogens with one attached hydrogen (secondary N) is 2. The predicted octanol–water partition coefficient (Wildman–Crippen LogP) is -0.264. The van der Waals surface area contributed by atoms with E-state index in [1.165, 1.54) is 6.92 Å². The van der Waals surface area contributed by atoms with Gasteiger partial charge in [0, 0.05) is 13.5 Å². The zero-order valence-electron chi connectivity index (χ0n) is 9.41. The van der Waals surface area contributed by atoms with Crippen molar-refractivity contribution >= 4 is 11.8 Å². The first-order valence-corrected chi connectivity index (χ1v) is 4.90. The van der Waals surface area contributed by atoms with Gasteiger partial charge in [-0.2, -0.15) is 0 Å². The van der Waals surface area contributed by atoms with E-state index in [1.807, 2.05) is 6.92 Å². The molecule has 15 heavy (non-hydrogen) atoms. The van der Waals surface area contributed by atoms with Crippen LogP contribution in [0.1, 0.15) is 20.8 Å². The van der Waals surface area contributed by atoms with Gasteiger partial charge in [-0.3, -0.25) is 9.59 Å². The largest absolute Gasteiger partial charge is 0.356 e. The van der Waals surface area contributed by atoms with Crippen molar-refractivity contribution in [3.63, 3.8) is 0 Å². The molecule has 0 aliphatic heterocycles. The second-order valence-corrected chi connectivity index (χ2v) is 3.40. The van der Waals surface area contributed by atoms with Crippen molar-refractivity contribution in [2.45, 2.75) is 26.9 Å². The second kappa shape index (κ2) is 7.00. The van der Waals surface area contributed by atoms with E-state index < -0.39 is 6.17 Å². The first-order valence-electron chi connectivity index (χ1n) is 4.90. The minimum Gasteiger partial charge on any atom is -0.356 e. The van der Waals surface area contributed by atoms with Crippen LogP contribution in [0.3, 0.4) is 0 Å². The highest BCUT2D eigenvalue weighted by atomic mass is 16.2. The van der Waals surface area contributed by atoms with Gasteiger partial charge in [0.1, 0.15) is 0 Å². The lowest BCUT2D eigenvalue weighted by Gasteiger charge is -2.15. The van der Waals surface area contributed by atoms with Crippen molar-refractivity contribution in [1.82, 2.24) is 10.6 Å². The number of carbonyl (C=O) groups excluding carboxylic acids is 2. The Morgan fingerprint density at radius 1 is 1.47 bits per heavy atom. The van der Waals surface area contributed by atoms with Crippen LogP contribution in [-0.4, -0.2) is 24.5 Å². The van der Waals surface area contributed by atoms with E-state index in [0.29, 0.717) is 6.54 Å². The Morgan fingerprint density at radius 2 is 2.07 bits per heavy atom. The van der Waals surface area contributed by atoms with E-state index in [2.05, 4.69) is 10.6 Å². The molecule has 0 rings (SSSR count). The van der Waals surface area contributed by atoms with Crippen LogP contribution in [-0.2, 0) is 9.59 Å². The molecule has 5 nitrogen and oxygen atoms in total. The molecule has 0 aliphatic carbocycles. The minimum absolute atomic E-state index is 0.146. The lowest BCUT2D eigenvalue weighted by molar-refractivity contribution is -0.125. The van der Waals surface area contributed by atoms with Crippen LogP contribution in [0, 0.1) is 5.92 Å². The summed E-state index contributed by atoms with van der Waals surface area (Å²) in [4.78, 5) is 22.1. The number of amides is 2. The van der Waals surface area contributed by atoms with E-state index in [-0.39, 0.29) is 17.7 Å². The number of hydrogen-bond donors (Lipinski definition) is 3. The van der Waals surface area contributed by atoms with Gasteiger partial charge in [0.15, 0.2) is 0 Å². The molecule has 5 heteroatoms. The van der Waals surface area contributed by atoms with Crippen molar-refractivity contribution in [1.29, 1.82) is 0 Å². The van der Waals surface area contributed by atoms with Crippen LogP contribution < -0.4 is 16.4 Å². The SMILES string of the molecule is C/C=C\[C@H](N)NC(=O)C(C)CNC(C)=O. The Hall–Kier alpha value is -1.36. The summed E-state index contributed by atoms with van der Waals surface area (Å²) < 4.78 is 0. The maximum Gasteiger partial charge on any atom is 0.226 e. The van der Waals surface area contributed by atoms with Crippen molar-refractivity contribution in [3.05, 3.63) is 12.2 Å². The van der Waals surface area contributed by atoms with Gasteiger partial charge in [-0.15, -0.1) is 0 Å². The van der Waals surface area contributed by atoms with E-state index >= 15 is 0 Å². The summed E-state index contributed by atoms with van der Waals surface area (Å²) in [6.45, 7) is 5.29. The summed E-state index contributed by atoms with van der Waals surface area (Å²) >= 11 is 0. The fourth-order valence-electron chi connectivity index (χ4n) is 0.951. The van der Waals surface area contributed by atoms with E-state index in [4.69, 9.17) is 5.73 Å². The molecule has 1 unspecified atom stereocenters. The van der Waals surface area contributed by atoms with Gasteiger partial charge in [0.05, 0.1) is 12.1 Å². The third-order valence-corrected chi connectivity index (χ3v) is 1.81. The molecule has 2 amide bonds. The topological polar surface area (TPSA) is 84.2 Å². The molecule has 86 valence electrons. The molecular formula is C10H19N3O2. The highest BCUT2D eigenvalue weighted by Crippen LogP contribution is 1.93. The molecule has 0 spiro atoms. The Morgan fingerprint density at radius 3 is 2.53 bits per heavy atom. The van der Waals surface area contributed by atoms with Crippen molar-refractivity contribution in [2.75, 3.05) is 6.54 Å². The third kappa shape index (κ3) is 6.68. The van der Waals surface area contributed by atoms with E-state index in [1.54, 1.807) is 19.1 Å². The average molecular weight is 213 g/mol. The molecule has 0 saturated heterocycles. The zero-order valence-corrected chi connectivity index (χ0v) is 9.41. The van der Waals surface area contributed by atoms with Crippen LogP contribution in [0.25, 0.3) is 0 Å². The molecule has 0 aromatic heterocycles. The van der Waals surface area contributed by atoms with Gasteiger partial charge in [-0.1, -0.05) is 19.1 Å². The van der Waals surface area contributed by atoms with Crippen LogP contribution in [0.4, 0.5) is 0 Å². The predicted molar refractivity (Wildman–Crippen MR) is 58.8 cm³/mol. The Bertz CT molecular complexity index is 251. The number of rotatable bonds is 5. The summed E-state index contributed by atoms with van der Waals surface area (Å²) in [6.07, 6.45) is 2.98. The van der Waals surface area contributed by atoms with Crippen molar-refractivity contribution < 1.29 is 9.59 Å². The lowest BCUT2D eigenvalue weighted by atomic mass is 10.1. The molecule has 4 N–H and O–H groups in total. The average Bonchev–Trinajstić information content (AvgIpc) is 2.14. The monoisotopic (exact) mass is 213 g/mol. The molecule has 0 aromatic carbocycles. The highest BCUT2D eigenvalue weighted by molar-refractivity contribution is 5.80. The van der Waals surface area contributed by atoms with Gasteiger partial charge < -0.3 is 16.4 Å². The molecule has 0 aliphatic rings. The molecule has 0 aromatic rings. The van der Waals surface area contributed by atoms with E-state index in [0.717, 1.165) is 0 Å².